The van der Waals surface area contributed by atoms with Crippen LogP contribution in [0.4, 0.5) is 0 Å². The van der Waals surface area contributed by atoms with Crippen molar-refractivity contribution in [2.75, 3.05) is 0 Å². The summed E-state index contributed by atoms with van der Waals surface area (Å²) in [6.45, 7) is 0.981. The van der Waals surface area contributed by atoms with Gasteiger partial charge >= 0.3 is 0 Å². The number of benzene rings is 1. The second kappa shape index (κ2) is 2.74. The molecule has 2 aliphatic heterocycles. The van der Waals surface area contributed by atoms with E-state index in [1.807, 2.05) is 0 Å². The summed E-state index contributed by atoms with van der Waals surface area (Å²) < 4.78 is 6.67. The molecule has 102 valence electrons. The fourth-order valence-corrected chi connectivity index (χ4v) is 8.13. The Bertz CT molecular complexity index is 620. The number of hydrogen-bond acceptors (Lipinski definition) is 2. The van der Waals surface area contributed by atoms with Gasteiger partial charge in [0.15, 0.2) is 0 Å². The molecule has 0 aromatic heterocycles. The van der Waals surface area contributed by atoms with E-state index in [9.17, 15) is 0 Å². The first-order valence-electron chi connectivity index (χ1n) is 8.37. The first kappa shape index (κ1) is 9.97. The van der Waals surface area contributed by atoms with Crippen molar-refractivity contribution in [3.63, 3.8) is 0 Å². The van der Waals surface area contributed by atoms with Crippen LogP contribution in [0.15, 0.2) is 30.3 Å². The van der Waals surface area contributed by atoms with Crippen molar-refractivity contribution in [3.05, 3.63) is 35.9 Å². The van der Waals surface area contributed by atoms with Gasteiger partial charge in [-0.15, -0.1) is 0 Å². The summed E-state index contributed by atoms with van der Waals surface area (Å²) >= 11 is 0. The molecule has 0 spiro atoms. The predicted molar refractivity (Wildman–Crippen MR) is 73.4 cm³/mol. The zero-order valence-corrected chi connectivity index (χ0v) is 11.4. The Morgan fingerprint density at radius 2 is 1.90 bits per heavy atom. The monoisotopic (exact) mass is 265 g/mol. The van der Waals surface area contributed by atoms with Crippen molar-refractivity contribution < 1.29 is 4.74 Å². The van der Waals surface area contributed by atoms with Crippen molar-refractivity contribution in [2.24, 2.45) is 47.3 Å². The molecule has 2 heteroatoms. The SMILES string of the molecule is c1ccc(CNC23OC4C5C6CC(C7C6C4C72)C53)cc1. The Labute approximate surface area is 118 Å². The summed E-state index contributed by atoms with van der Waals surface area (Å²) in [7, 11) is 0. The van der Waals surface area contributed by atoms with Crippen LogP contribution in [0.2, 0.25) is 0 Å². The molecule has 0 radical (unpaired) electrons. The predicted octanol–water partition coefficient (Wildman–Crippen LogP) is 2.26. The van der Waals surface area contributed by atoms with Crippen LogP contribution in [-0.2, 0) is 11.3 Å². The van der Waals surface area contributed by atoms with Crippen molar-refractivity contribution in [2.45, 2.75) is 24.8 Å². The van der Waals surface area contributed by atoms with Gasteiger partial charge in [-0.25, -0.2) is 0 Å². The lowest BCUT2D eigenvalue weighted by Crippen LogP contribution is -2.56. The molecule has 0 amide bonds. The van der Waals surface area contributed by atoms with Gasteiger partial charge in [-0.3, -0.25) is 5.32 Å². The molecule has 10 unspecified atom stereocenters. The lowest BCUT2D eigenvalue weighted by atomic mass is 9.59. The molecular weight excluding hydrogens is 246 g/mol. The minimum Gasteiger partial charge on any atom is -0.356 e. The van der Waals surface area contributed by atoms with Gasteiger partial charge < -0.3 is 4.74 Å². The number of nitrogens with one attached hydrogen (secondary N) is 1. The Balaban J connectivity index is 1.29. The van der Waals surface area contributed by atoms with Gasteiger partial charge in [-0.05, 0) is 47.5 Å². The van der Waals surface area contributed by atoms with E-state index in [4.69, 9.17) is 4.74 Å². The van der Waals surface area contributed by atoms with Crippen LogP contribution in [0.3, 0.4) is 0 Å². The molecule has 7 fully saturated rings. The summed E-state index contributed by atoms with van der Waals surface area (Å²) in [5.74, 6) is 7.83. The number of hydrogen-bond donors (Lipinski definition) is 1. The minimum atomic E-state index is 0.0902. The van der Waals surface area contributed by atoms with E-state index in [2.05, 4.69) is 35.6 Å². The summed E-state index contributed by atoms with van der Waals surface area (Å²) in [6, 6.07) is 10.8. The van der Waals surface area contributed by atoms with Crippen LogP contribution in [-0.4, -0.2) is 11.8 Å². The molecule has 2 heterocycles. The maximum Gasteiger partial charge on any atom is 0.126 e. The molecule has 5 aliphatic carbocycles. The van der Waals surface area contributed by atoms with Crippen molar-refractivity contribution >= 4 is 0 Å². The molecule has 10 atom stereocenters. The lowest BCUT2D eigenvalue weighted by molar-refractivity contribution is -0.0591. The van der Waals surface area contributed by atoms with Gasteiger partial charge in [0.2, 0.25) is 0 Å². The highest BCUT2D eigenvalue weighted by atomic mass is 16.5. The molecule has 5 saturated carbocycles. The van der Waals surface area contributed by atoms with Crippen LogP contribution in [0, 0.1) is 47.3 Å². The van der Waals surface area contributed by atoms with Crippen molar-refractivity contribution in [1.82, 2.24) is 5.32 Å². The molecule has 4 bridgehead atoms. The second-order valence-electron chi connectivity index (χ2n) is 8.14. The minimum absolute atomic E-state index is 0.0902. The average Bonchev–Trinajstić information content (AvgIpc) is 3.10. The van der Waals surface area contributed by atoms with Gasteiger partial charge in [-0.2, -0.15) is 0 Å². The van der Waals surface area contributed by atoms with Crippen LogP contribution in [0.25, 0.3) is 0 Å². The maximum absolute atomic E-state index is 6.67. The van der Waals surface area contributed by atoms with E-state index >= 15 is 0 Å². The molecule has 1 aromatic carbocycles. The van der Waals surface area contributed by atoms with Crippen molar-refractivity contribution in [1.29, 1.82) is 0 Å². The molecule has 7 aliphatic rings. The van der Waals surface area contributed by atoms with E-state index in [0.717, 1.165) is 53.9 Å². The second-order valence-corrected chi connectivity index (χ2v) is 8.14. The van der Waals surface area contributed by atoms with Crippen LogP contribution >= 0.6 is 0 Å². The van der Waals surface area contributed by atoms with E-state index in [1.165, 1.54) is 5.56 Å². The molecule has 1 N–H and O–H groups in total. The number of rotatable bonds is 3. The zero-order valence-electron chi connectivity index (χ0n) is 11.4. The Kier molecular flexibility index (Phi) is 1.36. The van der Waals surface area contributed by atoms with Crippen molar-refractivity contribution in [3.8, 4) is 0 Å². The maximum atomic E-state index is 6.67. The third-order valence-corrected chi connectivity index (χ3v) is 8.11. The third-order valence-electron chi connectivity index (χ3n) is 8.11. The highest BCUT2D eigenvalue weighted by Crippen LogP contribution is 2.89. The molecule has 1 aromatic rings. The largest absolute Gasteiger partial charge is 0.356 e. The summed E-state index contributed by atoms with van der Waals surface area (Å²) in [6.07, 6.45) is 2.19. The zero-order chi connectivity index (χ0) is 12.6. The van der Waals surface area contributed by atoms with Crippen LogP contribution in [0.5, 0.6) is 0 Å². The first-order chi connectivity index (χ1) is 9.90. The Morgan fingerprint density at radius 3 is 2.80 bits per heavy atom. The average molecular weight is 265 g/mol. The standard InChI is InChI=1S/C18H19NO/c1-2-4-8(5-3-1)7-19-18-15-10-6-9-11-12(10)16(18)14(11)17(20-18)13(9)15/h1-5,9-17,19H,6-7H2. The molecule has 8 rings (SSSR count). The van der Waals surface area contributed by atoms with E-state index < -0.39 is 0 Å². The molecular formula is C18H19NO. The summed E-state index contributed by atoms with van der Waals surface area (Å²) in [5.41, 5.74) is 1.49. The number of ether oxygens (including phenoxy) is 1. The Morgan fingerprint density at radius 1 is 1.00 bits per heavy atom. The van der Waals surface area contributed by atoms with Crippen LogP contribution in [0.1, 0.15) is 12.0 Å². The third kappa shape index (κ3) is 0.731. The van der Waals surface area contributed by atoms with E-state index in [-0.39, 0.29) is 5.72 Å². The van der Waals surface area contributed by atoms with Gasteiger partial charge in [0.1, 0.15) is 5.72 Å². The smallest absolute Gasteiger partial charge is 0.126 e. The van der Waals surface area contributed by atoms with E-state index in [0.29, 0.717) is 6.10 Å². The van der Waals surface area contributed by atoms with Gasteiger partial charge in [-0.1, -0.05) is 30.3 Å². The van der Waals surface area contributed by atoms with Gasteiger partial charge in [0.25, 0.3) is 0 Å². The molecule has 2 saturated heterocycles. The fourth-order valence-electron chi connectivity index (χ4n) is 8.13. The normalized spacial score (nSPS) is 64.7. The van der Waals surface area contributed by atoms with Gasteiger partial charge in [0, 0.05) is 18.4 Å². The summed E-state index contributed by atoms with van der Waals surface area (Å²) in [5, 5.41) is 3.92. The highest BCUT2D eigenvalue weighted by molar-refractivity contribution is 5.38. The summed E-state index contributed by atoms with van der Waals surface area (Å²) in [4.78, 5) is 0. The van der Waals surface area contributed by atoms with Crippen LogP contribution < -0.4 is 5.32 Å². The lowest BCUT2D eigenvalue weighted by Gasteiger charge is -2.46. The quantitative estimate of drug-likeness (QED) is 0.905. The van der Waals surface area contributed by atoms with Gasteiger partial charge in [0.05, 0.1) is 6.10 Å². The first-order valence-corrected chi connectivity index (χ1v) is 8.37. The fraction of sp³-hybridized carbons (Fsp3) is 0.667. The highest BCUT2D eigenvalue weighted by Gasteiger charge is 2.92. The molecule has 20 heavy (non-hydrogen) atoms. The van der Waals surface area contributed by atoms with E-state index in [1.54, 1.807) is 6.42 Å². The topological polar surface area (TPSA) is 21.3 Å². The Hall–Kier alpha value is -0.860. The molecule has 2 nitrogen and oxygen atoms in total.